The van der Waals surface area contributed by atoms with Crippen LogP contribution in [0.15, 0.2) is 28.2 Å². The smallest absolute Gasteiger partial charge is 0.138 e. The van der Waals surface area contributed by atoms with Crippen LogP contribution < -0.4 is 0 Å². The molecule has 1 nitrogen and oxygen atoms in total. The molecule has 0 heterocycles. The van der Waals surface area contributed by atoms with E-state index < -0.39 is 5.82 Å². The van der Waals surface area contributed by atoms with Gasteiger partial charge in [0.1, 0.15) is 5.82 Å². The van der Waals surface area contributed by atoms with Crippen molar-refractivity contribution >= 4 is 32.6 Å². The van der Waals surface area contributed by atoms with Gasteiger partial charge in [0.15, 0.2) is 0 Å². The lowest BCUT2D eigenvalue weighted by Gasteiger charge is -2.01. The Hall–Kier alpha value is -0.850. The highest BCUT2D eigenvalue weighted by atomic mass is 79.9. The lowest BCUT2D eigenvalue weighted by atomic mass is 10.1. The van der Waals surface area contributed by atoms with Crippen molar-refractivity contribution in [2.75, 3.05) is 0 Å². The number of hydrogen-bond donors (Lipinski definition) is 0. The van der Waals surface area contributed by atoms with Gasteiger partial charge in [-0.25, -0.2) is 4.39 Å². The molecule has 14 heavy (non-hydrogen) atoms. The van der Waals surface area contributed by atoms with Gasteiger partial charge in [-0.1, -0.05) is 17.7 Å². The molecule has 1 rings (SSSR count). The number of hydrogen-bond acceptors (Lipinski definition) is 1. The minimum Gasteiger partial charge on any atom is -0.206 e. The second-order valence-electron chi connectivity index (χ2n) is 2.68. The molecular formula is C10H6BrClFN. The molecule has 0 unspecified atom stereocenters. The van der Waals surface area contributed by atoms with E-state index in [0.29, 0.717) is 15.6 Å². The normalized spacial score (nSPS) is 11.9. The van der Waals surface area contributed by atoms with Gasteiger partial charge < -0.3 is 0 Å². The second-order valence-corrected chi connectivity index (χ2v) is 3.91. The summed E-state index contributed by atoms with van der Waals surface area (Å²) in [6.07, 6.45) is 0. The van der Waals surface area contributed by atoms with E-state index in [2.05, 4.69) is 15.9 Å². The molecule has 0 N–H and O–H groups in total. The first-order valence-corrected chi connectivity index (χ1v) is 4.95. The maximum absolute atomic E-state index is 13.1. The SMILES string of the molecule is CC(C#N)=C(Cl)c1ccc(Br)c(F)c1. The molecule has 0 amide bonds. The Labute approximate surface area is 94.9 Å². The standard InChI is InChI=1S/C10H6BrClFN/c1-6(5-14)10(12)7-2-3-8(11)9(13)4-7/h2-4H,1H3. The van der Waals surface area contributed by atoms with Crippen molar-refractivity contribution < 1.29 is 4.39 Å². The molecule has 0 fully saturated rings. The van der Waals surface area contributed by atoms with Gasteiger partial charge >= 0.3 is 0 Å². The number of rotatable bonds is 1. The molecule has 0 saturated carbocycles. The first-order valence-electron chi connectivity index (χ1n) is 3.78. The molecule has 0 aliphatic heterocycles. The average molecular weight is 275 g/mol. The van der Waals surface area contributed by atoms with Crippen molar-refractivity contribution in [3.63, 3.8) is 0 Å². The zero-order valence-electron chi connectivity index (χ0n) is 7.31. The van der Waals surface area contributed by atoms with Gasteiger partial charge in [0.25, 0.3) is 0 Å². The molecule has 0 aromatic heterocycles. The third-order valence-corrected chi connectivity index (χ3v) is 2.81. The van der Waals surface area contributed by atoms with Gasteiger partial charge in [-0.15, -0.1) is 0 Å². The molecule has 0 radical (unpaired) electrons. The Morgan fingerprint density at radius 2 is 2.21 bits per heavy atom. The molecule has 0 aliphatic rings. The van der Waals surface area contributed by atoms with E-state index in [4.69, 9.17) is 16.9 Å². The van der Waals surface area contributed by atoms with Crippen molar-refractivity contribution in [2.24, 2.45) is 0 Å². The minimum atomic E-state index is -0.397. The number of allylic oxidation sites excluding steroid dienone is 1. The monoisotopic (exact) mass is 273 g/mol. The quantitative estimate of drug-likeness (QED) is 0.708. The van der Waals surface area contributed by atoms with Crippen molar-refractivity contribution in [1.82, 2.24) is 0 Å². The summed E-state index contributed by atoms with van der Waals surface area (Å²) in [4.78, 5) is 0. The van der Waals surface area contributed by atoms with Crippen LogP contribution in [0.4, 0.5) is 4.39 Å². The Bertz CT molecular complexity index is 434. The zero-order chi connectivity index (χ0) is 10.7. The number of nitrogens with zero attached hydrogens (tertiary/aromatic N) is 1. The van der Waals surface area contributed by atoms with Crippen LogP contribution in [0, 0.1) is 17.1 Å². The predicted octanol–water partition coefficient (Wildman–Crippen LogP) is 4.08. The van der Waals surface area contributed by atoms with Crippen LogP contribution in [-0.2, 0) is 0 Å². The van der Waals surface area contributed by atoms with Crippen LogP contribution in [0.5, 0.6) is 0 Å². The fourth-order valence-corrected chi connectivity index (χ4v) is 1.30. The Kier molecular flexibility index (Phi) is 3.68. The average Bonchev–Trinajstić information content (AvgIpc) is 2.20. The van der Waals surface area contributed by atoms with Gasteiger partial charge in [0, 0.05) is 5.57 Å². The predicted molar refractivity (Wildman–Crippen MR) is 58.2 cm³/mol. The summed E-state index contributed by atoms with van der Waals surface area (Å²) < 4.78 is 13.5. The third-order valence-electron chi connectivity index (χ3n) is 1.67. The molecule has 72 valence electrons. The third kappa shape index (κ3) is 2.34. The minimum absolute atomic E-state index is 0.277. The van der Waals surface area contributed by atoms with E-state index in [-0.39, 0.29) is 5.03 Å². The lowest BCUT2D eigenvalue weighted by Crippen LogP contribution is -1.84. The summed E-state index contributed by atoms with van der Waals surface area (Å²) in [6, 6.07) is 6.40. The van der Waals surface area contributed by atoms with Crippen LogP contribution in [-0.4, -0.2) is 0 Å². The summed E-state index contributed by atoms with van der Waals surface area (Å²) in [5, 5.41) is 8.87. The zero-order valence-corrected chi connectivity index (χ0v) is 9.66. The van der Waals surface area contributed by atoms with Gasteiger partial charge in [0.2, 0.25) is 0 Å². The van der Waals surface area contributed by atoms with Crippen molar-refractivity contribution in [3.8, 4) is 6.07 Å². The fourth-order valence-electron chi connectivity index (χ4n) is 0.898. The number of nitriles is 1. The van der Waals surface area contributed by atoms with Crippen LogP contribution in [0.3, 0.4) is 0 Å². The second kappa shape index (κ2) is 4.59. The van der Waals surface area contributed by atoms with Gasteiger partial charge in [-0.2, -0.15) is 5.26 Å². The van der Waals surface area contributed by atoms with Crippen molar-refractivity contribution in [2.45, 2.75) is 6.92 Å². The highest BCUT2D eigenvalue weighted by Crippen LogP contribution is 2.26. The summed E-state index contributed by atoms with van der Waals surface area (Å²) in [7, 11) is 0. The fraction of sp³-hybridized carbons (Fsp3) is 0.100. The van der Waals surface area contributed by atoms with E-state index in [0.717, 1.165) is 0 Å². The summed E-state index contributed by atoms with van der Waals surface area (Å²) in [6.45, 7) is 1.59. The summed E-state index contributed by atoms with van der Waals surface area (Å²) in [5.74, 6) is -0.397. The van der Waals surface area contributed by atoms with E-state index in [1.807, 2.05) is 6.07 Å². The Balaban J connectivity index is 3.24. The van der Waals surface area contributed by atoms with Crippen LogP contribution >= 0.6 is 27.5 Å². The van der Waals surface area contributed by atoms with Crippen LogP contribution in [0.25, 0.3) is 5.03 Å². The van der Waals surface area contributed by atoms with Crippen molar-refractivity contribution in [1.29, 1.82) is 5.26 Å². The Morgan fingerprint density at radius 3 is 2.71 bits per heavy atom. The molecule has 0 saturated heterocycles. The van der Waals surface area contributed by atoms with E-state index in [9.17, 15) is 4.39 Å². The summed E-state index contributed by atoms with van der Waals surface area (Å²) in [5.41, 5.74) is 0.875. The van der Waals surface area contributed by atoms with E-state index in [1.54, 1.807) is 19.1 Å². The highest BCUT2D eigenvalue weighted by Gasteiger charge is 2.05. The molecule has 1 aromatic rings. The molecule has 0 spiro atoms. The van der Waals surface area contributed by atoms with Gasteiger partial charge in [0.05, 0.1) is 15.6 Å². The first-order chi connectivity index (χ1) is 6.56. The largest absolute Gasteiger partial charge is 0.206 e. The van der Waals surface area contributed by atoms with E-state index >= 15 is 0 Å². The lowest BCUT2D eigenvalue weighted by molar-refractivity contribution is 0.621. The van der Waals surface area contributed by atoms with Crippen LogP contribution in [0.2, 0.25) is 0 Å². The highest BCUT2D eigenvalue weighted by molar-refractivity contribution is 9.10. The number of benzene rings is 1. The summed E-state index contributed by atoms with van der Waals surface area (Å²) >= 11 is 8.89. The van der Waals surface area contributed by atoms with Gasteiger partial charge in [-0.05, 0) is 40.5 Å². The Morgan fingerprint density at radius 1 is 1.57 bits per heavy atom. The molecule has 0 aliphatic carbocycles. The molecule has 1 aromatic carbocycles. The molecule has 4 heteroatoms. The maximum atomic E-state index is 13.1. The van der Waals surface area contributed by atoms with E-state index in [1.165, 1.54) is 6.07 Å². The molecule has 0 atom stereocenters. The topological polar surface area (TPSA) is 23.8 Å². The number of halogens is 3. The van der Waals surface area contributed by atoms with Gasteiger partial charge in [-0.3, -0.25) is 0 Å². The maximum Gasteiger partial charge on any atom is 0.138 e. The molecule has 0 bridgehead atoms. The van der Waals surface area contributed by atoms with Crippen LogP contribution in [0.1, 0.15) is 12.5 Å². The molecular weight excluding hydrogens is 268 g/mol. The van der Waals surface area contributed by atoms with Crippen molar-refractivity contribution in [3.05, 3.63) is 39.6 Å². The first kappa shape index (κ1) is 11.2.